The van der Waals surface area contributed by atoms with Crippen LogP contribution in [0.4, 0.5) is 11.4 Å². The van der Waals surface area contributed by atoms with Crippen LogP contribution in [-0.4, -0.2) is 16.9 Å². The van der Waals surface area contributed by atoms with Crippen molar-refractivity contribution in [1.29, 1.82) is 0 Å². The standard InChI is InChI=1S/C12H13N3O3/c13-12(16)8-5-6-10(11(7-8)15(17)18)14-9-3-1-2-4-9/h1-2,5-7,9,14H,3-4H2,(H2,13,16). The number of nitrogens with zero attached hydrogens (tertiary/aromatic N) is 1. The molecule has 3 N–H and O–H groups in total. The molecule has 0 saturated carbocycles. The third-order valence-corrected chi connectivity index (χ3v) is 2.85. The first-order valence-corrected chi connectivity index (χ1v) is 5.57. The molecule has 18 heavy (non-hydrogen) atoms. The minimum Gasteiger partial charge on any atom is -0.376 e. The molecule has 2 rings (SSSR count). The molecule has 0 atom stereocenters. The van der Waals surface area contributed by atoms with Crippen LogP contribution in [0, 0.1) is 10.1 Å². The van der Waals surface area contributed by atoms with Crippen LogP contribution in [0.1, 0.15) is 23.2 Å². The third kappa shape index (κ3) is 2.48. The van der Waals surface area contributed by atoms with E-state index in [2.05, 4.69) is 5.32 Å². The average molecular weight is 247 g/mol. The SMILES string of the molecule is NC(=O)c1ccc(NC2CC=CC2)c([N+](=O)[O-])c1. The zero-order valence-electron chi connectivity index (χ0n) is 9.63. The van der Waals surface area contributed by atoms with Gasteiger partial charge in [-0.25, -0.2) is 0 Å². The Morgan fingerprint density at radius 2 is 2.06 bits per heavy atom. The molecule has 1 aromatic carbocycles. The van der Waals surface area contributed by atoms with Gasteiger partial charge in [0, 0.05) is 17.7 Å². The number of nitro groups is 1. The zero-order valence-corrected chi connectivity index (χ0v) is 9.63. The summed E-state index contributed by atoms with van der Waals surface area (Å²) in [5.41, 5.74) is 5.53. The first-order valence-electron chi connectivity index (χ1n) is 5.57. The van der Waals surface area contributed by atoms with Crippen LogP contribution in [0.3, 0.4) is 0 Å². The highest BCUT2D eigenvalue weighted by atomic mass is 16.6. The van der Waals surface area contributed by atoms with Crippen LogP contribution in [0.25, 0.3) is 0 Å². The Balaban J connectivity index is 2.28. The number of amides is 1. The predicted octanol–water partition coefficient (Wildman–Crippen LogP) is 1.82. The van der Waals surface area contributed by atoms with E-state index in [4.69, 9.17) is 5.73 Å². The molecule has 0 aromatic heterocycles. The molecule has 94 valence electrons. The van der Waals surface area contributed by atoms with Crippen molar-refractivity contribution in [3.63, 3.8) is 0 Å². The monoisotopic (exact) mass is 247 g/mol. The maximum atomic E-state index is 11.0. The Hall–Kier alpha value is -2.37. The maximum Gasteiger partial charge on any atom is 0.293 e. The van der Waals surface area contributed by atoms with E-state index in [1.165, 1.54) is 18.2 Å². The summed E-state index contributed by atoms with van der Waals surface area (Å²) >= 11 is 0. The van der Waals surface area contributed by atoms with E-state index >= 15 is 0 Å². The van der Waals surface area contributed by atoms with Crippen molar-refractivity contribution in [2.75, 3.05) is 5.32 Å². The predicted molar refractivity (Wildman–Crippen MR) is 67.4 cm³/mol. The molecule has 1 aromatic rings. The van der Waals surface area contributed by atoms with Crippen molar-refractivity contribution in [3.05, 3.63) is 46.0 Å². The van der Waals surface area contributed by atoms with Gasteiger partial charge in [-0.2, -0.15) is 0 Å². The fourth-order valence-corrected chi connectivity index (χ4v) is 1.91. The molecular weight excluding hydrogens is 234 g/mol. The first-order chi connectivity index (χ1) is 8.58. The molecule has 0 unspecified atom stereocenters. The number of hydrogen-bond donors (Lipinski definition) is 2. The van der Waals surface area contributed by atoms with E-state index < -0.39 is 10.8 Å². The van der Waals surface area contributed by atoms with E-state index in [1.807, 2.05) is 12.2 Å². The van der Waals surface area contributed by atoms with Gasteiger partial charge in [-0.3, -0.25) is 14.9 Å². The van der Waals surface area contributed by atoms with Gasteiger partial charge in [0.25, 0.3) is 5.69 Å². The fraction of sp³-hybridized carbons (Fsp3) is 0.250. The van der Waals surface area contributed by atoms with Gasteiger partial charge in [-0.1, -0.05) is 12.2 Å². The number of nitrogens with one attached hydrogen (secondary N) is 1. The van der Waals surface area contributed by atoms with Crippen molar-refractivity contribution in [3.8, 4) is 0 Å². The van der Waals surface area contributed by atoms with Crippen molar-refractivity contribution in [1.82, 2.24) is 0 Å². The Bertz CT molecular complexity index is 517. The summed E-state index contributed by atoms with van der Waals surface area (Å²) in [6.45, 7) is 0. The van der Waals surface area contributed by atoms with E-state index in [9.17, 15) is 14.9 Å². The number of benzene rings is 1. The summed E-state index contributed by atoms with van der Waals surface area (Å²) in [5, 5.41) is 14.1. The third-order valence-electron chi connectivity index (χ3n) is 2.85. The van der Waals surface area contributed by atoms with Gasteiger partial charge in [0.2, 0.25) is 5.91 Å². The van der Waals surface area contributed by atoms with Crippen molar-refractivity contribution < 1.29 is 9.72 Å². The zero-order chi connectivity index (χ0) is 13.1. The second-order valence-corrected chi connectivity index (χ2v) is 4.14. The average Bonchev–Trinajstić information content (AvgIpc) is 2.81. The Labute approximate surface area is 104 Å². The molecule has 6 heteroatoms. The van der Waals surface area contributed by atoms with Gasteiger partial charge in [-0.15, -0.1) is 0 Å². The van der Waals surface area contributed by atoms with E-state index in [1.54, 1.807) is 0 Å². The lowest BCUT2D eigenvalue weighted by atomic mass is 10.1. The molecule has 0 radical (unpaired) electrons. The highest BCUT2D eigenvalue weighted by Gasteiger charge is 2.19. The Kier molecular flexibility index (Phi) is 3.27. The van der Waals surface area contributed by atoms with Crippen LogP contribution in [-0.2, 0) is 0 Å². The highest BCUT2D eigenvalue weighted by molar-refractivity contribution is 5.94. The molecule has 0 bridgehead atoms. The summed E-state index contributed by atoms with van der Waals surface area (Å²) in [6, 6.07) is 4.38. The van der Waals surface area contributed by atoms with Crippen LogP contribution < -0.4 is 11.1 Å². The van der Waals surface area contributed by atoms with Gasteiger partial charge < -0.3 is 11.1 Å². The molecule has 0 aliphatic heterocycles. The molecule has 1 amide bonds. The van der Waals surface area contributed by atoms with E-state index in [0.29, 0.717) is 5.69 Å². The number of carbonyl (C=O) groups is 1. The minimum atomic E-state index is -0.674. The van der Waals surface area contributed by atoms with E-state index in [0.717, 1.165) is 12.8 Å². The number of carbonyl (C=O) groups excluding carboxylic acids is 1. The number of anilines is 1. The fourth-order valence-electron chi connectivity index (χ4n) is 1.91. The smallest absolute Gasteiger partial charge is 0.293 e. The number of primary amides is 1. The summed E-state index contributed by atoms with van der Waals surface area (Å²) in [4.78, 5) is 21.5. The van der Waals surface area contributed by atoms with Crippen molar-refractivity contribution in [2.45, 2.75) is 18.9 Å². The lowest BCUT2D eigenvalue weighted by Crippen LogP contribution is -2.17. The molecular formula is C12H13N3O3. The maximum absolute atomic E-state index is 11.0. The largest absolute Gasteiger partial charge is 0.376 e. The number of hydrogen-bond acceptors (Lipinski definition) is 4. The second kappa shape index (κ2) is 4.87. The quantitative estimate of drug-likeness (QED) is 0.481. The summed E-state index contributed by atoms with van der Waals surface area (Å²) in [7, 11) is 0. The lowest BCUT2D eigenvalue weighted by Gasteiger charge is -2.13. The summed E-state index contributed by atoms with van der Waals surface area (Å²) in [6.07, 6.45) is 5.74. The topological polar surface area (TPSA) is 98.3 Å². The molecule has 0 spiro atoms. The van der Waals surface area contributed by atoms with Gasteiger partial charge in [0.05, 0.1) is 4.92 Å². The van der Waals surface area contributed by atoms with Crippen LogP contribution in [0.2, 0.25) is 0 Å². The van der Waals surface area contributed by atoms with Crippen LogP contribution in [0.15, 0.2) is 30.4 Å². The number of rotatable bonds is 4. The summed E-state index contributed by atoms with van der Waals surface area (Å²) in [5.74, 6) is -0.674. The first kappa shape index (κ1) is 12.1. The molecule has 1 aliphatic carbocycles. The molecule has 0 heterocycles. The Morgan fingerprint density at radius 1 is 1.39 bits per heavy atom. The van der Waals surface area contributed by atoms with Gasteiger partial charge >= 0.3 is 0 Å². The van der Waals surface area contributed by atoms with Gasteiger partial charge in [0.15, 0.2) is 0 Å². The molecule has 1 aliphatic rings. The normalized spacial score (nSPS) is 14.7. The summed E-state index contributed by atoms with van der Waals surface area (Å²) < 4.78 is 0. The lowest BCUT2D eigenvalue weighted by molar-refractivity contribution is -0.384. The second-order valence-electron chi connectivity index (χ2n) is 4.14. The van der Waals surface area contributed by atoms with Gasteiger partial charge in [-0.05, 0) is 25.0 Å². The van der Waals surface area contributed by atoms with Crippen molar-refractivity contribution >= 4 is 17.3 Å². The highest BCUT2D eigenvalue weighted by Crippen LogP contribution is 2.28. The van der Waals surface area contributed by atoms with E-state index in [-0.39, 0.29) is 17.3 Å². The van der Waals surface area contributed by atoms with Gasteiger partial charge in [0.1, 0.15) is 5.69 Å². The minimum absolute atomic E-state index is 0.127. The van der Waals surface area contributed by atoms with Crippen LogP contribution >= 0.6 is 0 Å². The number of nitrogens with two attached hydrogens (primary N) is 1. The van der Waals surface area contributed by atoms with Crippen molar-refractivity contribution in [2.24, 2.45) is 5.73 Å². The number of nitro benzene ring substituents is 1. The molecule has 0 fully saturated rings. The molecule has 6 nitrogen and oxygen atoms in total. The Morgan fingerprint density at radius 3 is 2.61 bits per heavy atom. The molecule has 0 saturated heterocycles. The van der Waals surface area contributed by atoms with Crippen LogP contribution in [0.5, 0.6) is 0 Å².